The molecular formula is C22H13BrFNO4. The minimum atomic E-state index is -0.677. The molecule has 0 saturated heterocycles. The second kappa shape index (κ2) is 6.70. The van der Waals surface area contributed by atoms with E-state index in [1.165, 1.54) is 23.3 Å². The molecule has 3 heterocycles. The number of carbonyl (C=O) groups is 1. The molecule has 1 atom stereocenters. The average molecular weight is 454 g/mol. The van der Waals surface area contributed by atoms with Gasteiger partial charge in [-0.25, -0.2) is 4.39 Å². The molecule has 0 unspecified atom stereocenters. The summed E-state index contributed by atoms with van der Waals surface area (Å²) in [6.45, 7) is 0.164. The van der Waals surface area contributed by atoms with Crippen molar-refractivity contribution in [1.82, 2.24) is 4.90 Å². The Hall–Kier alpha value is -3.19. The highest BCUT2D eigenvalue weighted by Gasteiger charge is 2.43. The molecule has 4 aromatic rings. The van der Waals surface area contributed by atoms with Gasteiger partial charge in [-0.1, -0.05) is 28.1 Å². The summed E-state index contributed by atoms with van der Waals surface area (Å²) < 4.78 is 25.8. The largest absolute Gasteiger partial charge is 0.467 e. The molecule has 2 aromatic heterocycles. The van der Waals surface area contributed by atoms with E-state index in [0.717, 1.165) is 16.1 Å². The van der Waals surface area contributed by atoms with Crippen LogP contribution in [0.4, 0.5) is 4.39 Å². The van der Waals surface area contributed by atoms with Crippen molar-refractivity contribution >= 4 is 32.8 Å². The maximum atomic E-state index is 13.8. The highest BCUT2D eigenvalue weighted by atomic mass is 79.9. The van der Waals surface area contributed by atoms with Gasteiger partial charge in [0, 0.05) is 4.47 Å². The molecule has 0 fully saturated rings. The lowest BCUT2D eigenvalue weighted by Gasteiger charge is -2.24. The molecule has 2 aromatic carbocycles. The van der Waals surface area contributed by atoms with Gasteiger partial charge in [0.05, 0.1) is 29.8 Å². The highest BCUT2D eigenvalue weighted by molar-refractivity contribution is 9.10. The molecule has 0 saturated carbocycles. The monoisotopic (exact) mass is 453 g/mol. The van der Waals surface area contributed by atoms with Crippen molar-refractivity contribution in [3.05, 3.63) is 104 Å². The number of fused-ring (bicyclic) bond motifs is 2. The van der Waals surface area contributed by atoms with Crippen LogP contribution in [0.2, 0.25) is 0 Å². The topological polar surface area (TPSA) is 63.7 Å². The Bertz CT molecular complexity index is 1310. The number of amides is 1. The molecule has 144 valence electrons. The molecule has 1 amide bonds. The third-order valence-electron chi connectivity index (χ3n) is 5.00. The number of nitrogens with zero attached hydrogens (tertiary/aromatic N) is 1. The fraction of sp³-hybridized carbons (Fsp3) is 0.0909. The minimum absolute atomic E-state index is 0.0226. The van der Waals surface area contributed by atoms with Crippen LogP contribution in [0.25, 0.3) is 11.0 Å². The SMILES string of the molecule is O=C1c2oc3ccc(F)cc3c(=O)c2[C@@H](c2cccc(Br)c2)N1Cc1ccco1. The van der Waals surface area contributed by atoms with E-state index >= 15 is 0 Å². The third kappa shape index (κ3) is 2.89. The van der Waals surface area contributed by atoms with Crippen LogP contribution < -0.4 is 5.43 Å². The first-order valence-corrected chi connectivity index (χ1v) is 9.67. The number of hydrogen-bond acceptors (Lipinski definition) is 4. The van der Waals surface area contributed by atoms with Crippen molar-refractivity contribution in [2.45, 2.75) is 12.6 Å². The van der Waals surface area contributed by atoms with Gasteiger partial charge < -0.3 is 13.7 Å². The van der Waals surface area contributed by atoms with Gasteiger partial charge in [-0.15, -0.1) is 0 Å². The van der Waals surface area contributed by atoms with Crippen molar-refractivity contribution in [3.8, 4) is 0 Å². The molecule has 0 spiro atoms. The maximum Gasteiger partial charge on any atom is 0.291 e. The van der Waals surface area contributed by atoms with E-state index in [2.05, 4.69) is 15.9 Å². The summed E-state index contributed by atoms with van der Waals surface area (Å²) in [5, 5.41) is 0.108. The van der Waals surface area contributed by atoms with Crippen LogP contribution in [0.5, 0.6) is 0 Å². The Morgan fingerprint density at radius 3 is 2.69 bits per heavy atom. The highest BCUT2D eigenvalue weighted by Crippen LogP contribution is 2.39. The molecule has 5 nitrogen and oxygen atoms in total. The fourth-order valence-electron chi connectivity index (χ4n) is 3.75. The van der Waals surface area contributed by atoms with Gasteiger partial charge in [-0.2, -0.15) is 0 Å². The summed E-state index contributed by atoms with van der Waals surface area (Å²) in [5.41, 5.74) is 0.705. The van der Waals surface area contributed by atoms with Gasteiger partial charge in [-0.3, -0.25) is 9.59 Å². The van der Waals surface area contributed by atoms with Gasteiger partial charge in [-0.05, 0) is 48.0 Å². The minimum Gasteiger partial charge on any atom is -0.467 e. The molecule has 29 heavy (non-hydrogen) atoms. The lowest BCUT2D eigenvalue weighted by atomic mass is 9.98. The number of furan rings is 1. The first kappa shape index (κ1) is 17.9. The lowest BCUT2D eigenvalue weighted by Crippen LogP contribution is -2.29. The Labute approximate surface area is 172 Å². The van der Waals surface area contributed by atoms with E-state index in [1.54, 1.807) is 12.1 Å². The Morgan fingerprint density at radius 2 is 1.93 bits per heavy atom. The van der Waals surface area contributed by atoms with Crippen LogP contribution in [-0.2, 0) is 6.54 Å². The van der Waals surface area contributed by atoms with Crippen LogP contribution in [0.3, 0.4) is 0 Å². The smallest absolute Gasteiger partial charge is 0.291 e. The summed E-state index contributed by atoms with van der Waals surface area (Å²) >= 11 is 3.44. The van der Waals surface area contributed by atoms with Crippen LogP contribution in [0.15, 0.2) is 79.0 Å². The summed E-state index contributed by atoms with van der Waals surface area (Å²) in [6.07, 6.45) is 1.53. The zero-order valence-corrected chi connectivity index (χ0v) is 16.5. The molecule has 0 aliphatic carbocycles. The summed E-state index contributed by atoms with van der Waals surface area (Å²) in [6, 6.07) is 13.9. The Morgan fingerprint density at radius 1 is 1.07 bits per heavy atom. The van der Waals surface area contributed by atoms with Crippen LogP contribution in [0, 0.1) is 5.82 Å². The van der Waals surface area contributed by atoms with E-state index in [0.29, 0.717) is 5.76 Å². The number of hydrogen-bond donors (Lipinski definition) is 0. The number of carbonyl (C=O) groups excluding carboxylic acids is 1. The normalized spacial score (nSPS) is 15.9. The molecule has 0 bridgehead atoms. The van der Waals surface area contributed by atoms with Crippen molar-refractivity contribution in [1.29, 1.82) is 0 Å². The first-order valence-electron chi connectivity index (χ1n) is 8.88. The van der Waals surface area contributed by atoms with Crippen molar-refractivity contribution in [2.75, 3.05) is 0 Å². The van der Waals surface area contributed by atoms with Crippen molar-refractivity contribution in [3.63, 3.8) is 0 Å². The first-order chi connectivity index (χ1) is 14.0. The molecular weight excluding hydrogens is 441 g/mol. The zero-order valence-electron chi connectivity index (χ0n) is 14.9. The lowest BCUT2D eigenvalue weighted by molar-refractivity contribution is 0.0701. The van der Waals surface area contributed by atoms with Gasteiger partial charge >= 0.3 is 0 Å². The molecule has 5 rings (SSSR count). The number of rotatable bonds is 3. The van der Waals surface area contributed by atoms with Crippen LogP contribution >= 0.6 is 15.9 Å². The van der Waals surface area contributed by atoms with E-state index in [4.69, 9.17) is 8.83 Å². The second-order valence-corrected chi connectivity index (χ2v) is 7.70. The van der Waals surface area contributed by atoms with Gasteiger partial charge in [0.25, 0.3) is 5.91 Å². The van der Waals surface area contributed by atoms with Crippen molar-refractivity contribution in [2.24, 2.45) is 0 Å². The number of benzene rings is 2. The summed E-state index contributed by atoms with van der Waals surface area (Å²) in [7, 11) is 0. The molecule has 0 N–H and O–H groups in total. The predicted molar refractivity (Wildman–Crippen MR) is 107 cm³/mol. The van der Waals surface area contributed by atoms with Gasteiger partial charge in [0.1, 0.15) is 17.2 Å². The Kier molecular flexibility index (Phi) is 4.13. The summed E-state index contributed by atoms with van der Waals surface area (Å²) in [4.78, 5) is 28.0. The van der Waals surface area contributed by atoms with Crippen LogP contribution in [-0.4, -0.2) is 10.8 Å². The molecule has 1 aliphatic heterocycles. The standard InChI is InChI=1S/C22H13BrFNO4/c23-13-4-1-3-12(9-13)19-18-20(26)16-10-14(24)6-7-17(16)29-21(18)22(27)25(19)11-15-5-2-8-28-15/h1-10,19H,11H2/t19-/m1/s1. The third-order valence-corrected chi connectivity index (χ3v) is 5.49. The van der Waals surface area contributed by atoms with Crippen molar-refractivity contribution < 1.29 is 18.0 Å². The molecule has 7 heteroatoms. The van der Waals surface area contributed by atoms with E-state index in [-0.39, 0.29) is 28.8 Å². The van der Waals surface area contributed by atoms with Gasteiger partial charge in [0.15, 0.2) is 5.43 Å². The Balaban J connectivity index is 1.77. The zero-order chi connectivity index (χ0) is 20.1. The van der Waals surface area contributed by atoms with E-state index in [9.17, 15) is 14.0 Å². The average Bonchev–Trinajstić information content (AvgIpc) is 3.31. The summed E-state index contributed by atoms with van der Waals surface area (Å²) in [5.74, 6) is -0.398. The van der Waals surface area contributed by atoms with E-state index in [1.807, 2.05) is 24.3 Å². The maximum absolute atomic E-state index is 13.8. The second-order valence-electron chi connectivity index (χ2n) is 6.78. The predicted octanol–water partition coefficient (Wildman–Crippen LogP) is 5.03. The van der Waals surface area contributed by atoms with E-state index < -0.39 is 23.2 Å². The van der Waals surface area contributed by atoms with Crippen LogP contribution in [0.1, 0.15) is 33.5 Å². The quantitative estimate of drug-likeness (QED) is 0.436. The fourth-order valence-corrected chi connectivity index (χ4v) is 4.17. The molecule has 0 radical (unpaired) electrons. The number of halogens is 2. The van der Waals surface area contributed by atoms with Gasteiger partial charge in [0.2, 0.25) is 5.76 Å². The molecule has 1 aliphatic rings.